The molecule has 4 nitrogen and oxygen atoms in total. The van der Waals surface area contributed by atoms with Crippen molar-refractivity contribution < 1.29 is 9.90 Å². The minimum atomic E-state index is 0.0843. The summed E-state index contributed by atoms with van der Waals surface area (Å²) in [5.41, 5.74) is 2.17. The van der Waals surface area contributed by atoms with Gasteiger partial charge in [0.25, 0.3) is 0 Å². The molecule has 104 valence electrons. The zero-order chi connectivity index (χ0) is 13.8. The first-order chi connectivity index (χ1) is 9.13. The van der Waals surface area contributed by atoms with Gasteiger partial charge >= 0.3 is 0 Å². The minimum absolute atomic E-state index is 0.0843. The summed E-state index contributed by atoms with van der Waals surface area (Å²) in [5.74, 6) is 0.554. The van der Waals surface area contributed by atoms with E-state index in [-0.39, 0.29) is 18.6 Å². The van der Waals surface area contributed by atoms with Crippen molar-refractivity contribution in [3.8, 4) is 0 Å². The maximum Gasteiger partial charge on any atom is 0.228 e. The van der Waals surface area contributed by atoms with Crippen molar-refractivity contribution >= 4 is 11.6 Å². The Morgan fingerprint density at radius 3 is 2.95 bits per heavy atom. The van der Waals surface area contributed by atoms with Gasteiger partial charge in [-0.25, -0.2) is 0 Å². The van der Waals surface area contributed by atoms with Gasteiger partial charge in [-0.2, -0.15) is 0 Å². The van der Waals surface area contributed by atoms with Gasteiger partial charge in [0.05, 0.1) is 0 Å². The Balaban J connectivity index is 2.09. The van der Waals surface area contributed by atoms with Crippen LogP contribution in [-0.2, 0) is 4.79 Å². The molecule has 0 aromatic heterocycles. The maximum atomic E-state index is 12.0. The van der Waals surface area contributed by atoms with E-state index in [1.165, 1.54) is 5.56 Å². The van der Waals surface area contributed by atoms with E-state index < -0.39 is 0 Å². The number of nitrogens with zero attached hydrogens (tertiary/aromatic N) is 1. The first kappa shape index (κ1) is 14.0. The zero-order valence-electron chi connectivity index (χ0n) is 11.6. The van der Waals surface area contributed by atoms with Gasteiger partial charge in [0.1, 0.15) is 0 Å². The van der Waals surface area contributed by atoms with Crippen LogP contribution in [0.4, 0.5) is 5.69 Å². The number of para-hydroxylation sites is 1. The van der Waals surface area contributed by atoms with Gasteiger partial charge in [0, 0.05) is 31.8 Å². The Morgan fingerprint density at radius 2 is 2.21 bits per heavy atom. The molecule has 2 unspecified atom stereocenters. The van der Waals surface area contributed by atoms with E-state index in [2.05, 4.69) is 18.3 Å². The maximum absolute atomic E-state index is 12.0. The molecule has 19 heavy (non-hydrogen) atoms. The highest BCUT2D eigenvalue weighted by Gasteiger charge is 2.28. The van der Waals surface area contributed by atoms with E-state index in [1.807, 2.05) is 25.2 Å². The number of fused-ring (bicyclic) bond motifs is 1. The lowest BCUT2D eigenvalue weighted by molar-refractivity contribution is -0.119. The van der Waals surface area contributed by atoms with E-state index >= 15 is 0 Å². The van der Waals surface area contributed by atoms with Crippen LogP contribution >= 0.6 is 0 Å². The van der Waals surface area contributed by atoms with E-state index in [0.717, 1.165) is 18.7 Å². The average Bonchev–Trinajstić information content (AvgIpc) is 2.42. The van der Waals surface area contributed by atoms with Crippen LogP contribution < -0.4 is 10.2 Å². The molecular weight excluding hydrogens is 240 g/mol. The van der Waals surface area contributed by atoms with Crippen LogP contribution in [0.25, 0.3) is 0 Å². The number of amides is 1. The Hall–Kier alpha value is -1.39. The molecule has 1 heterocycles. The van der Waals surface area contributed by atoms with Crippen LogP contribution in [0.3, 0.4) is 0 Å². The van der Waals surface area contributed by atoms with Gasteiger partial charge in [-0.15, -0.1) is 0 Å². The molecule has 0 aliphatic carbocycles. The topological polar surface area (TPSA) is 52.6 Å². The van der Waals surface area contributed by atoms with Crippen molar-refractivity contribution in [2.45, 2.75) is 25.8 Å². The second-order valence-corrected chi connectivity index (χ2v) is 5.29. The molecule has 2 N–H and O–H groups in total. The van der Waals surface area contributed by atoms with Crippen LogP contribution in [-0.4, -0.2) is 31.2 Å². The molecule has 0 saturated heterocycles. The Bertz CT molecular complexity index is 448. The van der Waals surface area contributed by atoms with Crippen molar-refractivity contribution in [2.24, 2.45) is 5.92 Å². The molecule has 0 radical (unpaired) electrons. The average molecular weight is 262 g/mol. The normalized spacial score (nSPS) is 20.3. The zero-order valence-corrected chi connectivity index (χ0v) is 11.6. The third-order valence-electron chi connectivity index (χ3n) is 3.76. The summed E-state index contributed by atoms with van der Waals surface area (Å²) < 4.78 is 0. The van der Waals surface area contributed by atoms with Gasteiger partial charge in [-0.1, -0.05) is 25.1 Å². The fourth-order valence-corrected chi connectivity index (χ4v) is 2.49. The summed E-state index contributed by atoms with van der Waals surface area (Å²) >= 11 is 0. The smallest absolute Gasteiger partial charge is 0.228 e. The molecule has 1 aromatic carbocycles. The molecule has 4 heteroatoms. The fraction of sp³-hybridized carbons (Fsp3) is 0.533. The van der Waals surface area contributed by atoms with Crippen molar-refractivity contribution in [1.82, 2.24) is 5.32 Å². The van der Waals surface area contributed by atoms with Crippen molar-refractivity contribution in [3.05, 3.63) is 29.8 Å². The number of hydrogen-bond donors (Lipinski definition) is 2. The second-order valence-electron chi connectivity index (χ2n) is 5.29. The lowest BCUT2D eigenvalue weighted by atomic mass is 9.95. The van der Waals surface area contributed by atoms with Crippen LogP contribution in [0.5, 0.6) is 0 Å². The van der Waals surface area contributed by atoms with Crippen molar-refractivity contribution in [1.29, 1.82) is 0 Å². The predicted octanol–water partition coefficient (Wildman–Crippen LogP) is 1.70. The number of carbonyl (C=O) groups is 1. The number of carbonyl (C=O) groups excluding carboxylic acids is 1. The van der Waals surface area contributed by atoms with Crippen LogP contribution in [0.2, 0.25) is 0 Å². The van der Waals surface area contributed by atoms with E-state index in [0.29, 0.717) is 12.3 Å². The van der Waals surface area contributed by atoms with E-state index in [9.17, 15) is 4.79 Å². The number of aliphatic hydroxyl groups excluding tert-OH is 1. The lowest BCUT2D eigenvalue weighted by Crippen LogP contribution is -2.39. The standard InChI is InChI=1S/C15H22N2O2/c1-11(7-8-18)10-16-13-9-15(19)17(2)14-6-4-3-5-12(13)14/h3-6,11,13,16,18H,7-10H2,1-2H3. The number of benzene rings is 1. The Labute approximate surface area is 114 Å². The summed E-state index contributed by atoms with van der Waals surface area (Å²) in [4.78, 5) is 13.7. The van der Waals surface area contributed by atoms with Gasteiger partial charge in [-0.3, -0.25) is 4.79 Å². The quantitative estimate of drug-likeness (QED) is 0.849. The summed E-state index contributed by atoms with van der Waals surface area (Å²) in [5, 5.41) is 12.4. The SMILES string of the molecule is CC(CCO)CNC1CC(=O)N(C)c2ccccc21. The molecule has 1 amide bonds. The number of hydrogen-bond acceptors (Lipinski definition) is 3. The molecule has 0 bridgehead atoms. The number of anilines is 1. The summed E-state index contributed by atoms with van der Waals surface area (Å²) in [6.07, 6.45) is 1.29. The fourth-order valence-electron chi connectivity index (χ4n) is 2.49. The highest BCUT2D eigenvalue weighted by atomic mass is 16.3. The second kappa shape index (κ2) is 6.17. The van der Waals surface area contributed by atoms with Gasteiger partial charge in [0.15, 0.2) is 0 Å². The third-order valence-corrected chi connectivity index (χ3v) is 3.76. The minimum Gasteiger partial charge on any atom is -0.396 e. The van der Waals surface area contributed by atoms with E-state index in [4.69, 9.17) is 5.11 Å². The molecule has 1 aliphatic heterocycles. The highest BCUT2D eigenvalue weighted by Crippen LogP contribution is 2.33. The van der Waals surface area contributed by atoms with Crippen LogP contribution in [0, 0.1) is 5.92 Å². The Morgan fingerprint density at radius 1 is 1.47 bits per heavy atom. The molecule has 1 aliphatic rings. The van der Waals surface area contributed by atoms with Gasteiger partial charge in [0.2, 0.25) is 5.91 Å². The van der Waals surface area contributed by atoms with Crippen molar-refractivity contribution in [2.75, 3.05) is 25.1 Å². The molecule has 2 rings (SSSR count). The predicted molar refractivity (Wildman–Crippen MR) is 76.1 cm³/mol. The monoisotopic (exact) mass is 262 g/mol. The first-order valence-electron chi connectivity index (χ1n) is 6.83. The third kappa shape index (κ3) is 3.14. The first-order valence-corrected chi connectivity index (χ1v) is 6.83. The molecule has 0 spiro atoms. The molecule has 1 aromatic rings. The van der Waals surface area contributed by atoms with Crippen LogP contribution in [0.1, 0.15) is 31.4 Å². The summed E-state index contributed by atoms with van der Waals surface area (Å²) in [7, 11) is 1.83. The largest absolute Gasteiger partial charge is 0.396 e. The van der Waals surface area contributed by atoms with Crippen LogP contribution in [0.15, 0.2) is 24.3 Å². The number of nitrogens with one attached hydrogen (secondary N) is 1. The van der Waals surface area contributed by atoms with Crippen molar-refractivity contribution in [3.63, 3.8) is 0 Å². The lowest BCUT2D eigenvalue weighted by Gasteiger charge is -2.32. The summed E-state index contributed by atoms with van der Waals surface area (Å²) in [6, 6.07) is 8.11. The molecule has 2 atom stereocenters. The molecule has 0 fully saturated rings. The number of rotatable bonds is 5. The van der Waals surface area contributed by atoms with Gasteiger partial charge in [-0.05, 0) is 30.5 Å². The number of aliphatic hydroxyl groups is 1. The Kier molecular flexibility index (Phi) is 4.56. The highest BCUT2D eigenvalue weighted by molar-refractivity contribution is 5.96. The van der Waals surface area contributed by atoms with E-state index in [1.54, 1.807) is 4.90 Å². The molecular formula is C15H22N2O2. The van der Waals surface area contributed by atoms with Gasteiger partial charge < -0.3 is 15.3 Å². The molecule has 0 saturated carbocycles. The summed E-state index contributed by atoms with van der Waals surface area (Å²) in [6.45, 7) is 3.13.